The Morgan fingerprint density at radius 2 is 1.89 bits per heavy atom. The summed E-state index contributed by atoms with van der Waals surface area (Å²) in [7, 11) is -3.74. The first kappa shape index (κ1) is 16.7. The maximum Gasteiger partial charge on any atom is 0.242 e. The van der Waals surface area contributed by atoms with E-state index in [9.17, 15) is 8.42 Å². The van der Waals surface area contributed by atoms with Gasteiger partial charge in [0, 0.05) is 17.1 Å². The van der Waals surface area contributed by atoms with E-state index in [-0.39, 0.29) is 16.5 Å². The molecule has 0 aliphatic heterocycles. The summed E-state index contributed by atoms with van der Waals surface area (Å²) in [5, 5.41) is 0.408. The van der Waals surface area contributed by atoms with Crippen LogP contribution in [0.5, 0.6) is 0 Å². The van der Waals surface area contributed by atoms with Gasteiger partial charge in [-0.05, 0) is 38.0 Å². The van der Waals surface area contributed by atoms with E-state index in [1.54, 1.807) is 19.9 Å². The molecule has 0 atom stereocenters. The molecule has 19 heavy (non-hydrogen) atoms. The summed E-state index contributed by atoms with van der Waals surface area (Å²) in [6, 6.07) is 2.89. The highest BCUT2D eigenvalue weighted by atomic mass is 35.5. The normalized spacial score (nSPS) is 12.7. The Morgan fingerprint density at radius 1 is 1.32 bits per heavy atom. The molecular weight excluding hydrogens is 307 g/mol. The van der Waals surface area contributed by atoms with Gasteiger partial charge in [0.05, 0.1) is 5.02 Å². The van der Waals surface area contributed by atoms with Gasteiger partial charge in [-0.15, -0.1) is 0 Å². The highest BCUT2D eigenvalue weighted by molar-refractivity contribution is 7.89. The molecule has 108 valence electrons. The standard InChI is InChI=1S/C12H18Cl2N2O2S/c1-4-12(2,3)16-19(17,18)10-6-9(13)5-8(7-15)11(10)14/h5-6,16H,4,7,15H2,1-3H3. The maximum absolute atomic E-state index is 12.4. The van der Waals surface area contributed by atoms with Crippen LogP contribution >= 0.6 is 23.2 Å². The zero-order chi connectivity index (χ0) is 14.8. The molecule has 3 N–H and O–H groups in total. The number of halogens is 2. The Kier molecular flexibility index (Phi) is 5.26. The van der Waals surface area contributed by atoms with Gasteiger partial charge < -0.3 is 5.73 Å². The van der Waals surface area contributed by atoms with Crippen LogP contribution in [0.3, 0.4) is 0 Å². The highest BCUT2D eigenvalue weighted by Gasteiger charge is 2.27. The summed E-state index contributed by atoms with van der Waals surface area (Å²) in [5.41, 5.74) is 5.47. The Labute approximate surface area is 124 Å². The van der Waals surface area contributed by atoms with Crippen molar-refractivity contribution < 1.29 is 8.42 Å². The summed E-state index contributed by atoms with van der Waals surface area (Å²) >= 11 is 12.0. The summed E-state index contributed by atoms with van der Waals surface area (Å²) in [6.07, 6.45) is 0.647. The zero-order valence-electron chi connectivity index (χ0n) is 11.1. The van der Waals surface area contributed by atoms with Gasteiger partial charge in [0.1, 0.15) is 4.90 Å². The molecule has 0 bridgehead atoms. The highest BCUT2D eigenvalue weighted by Crippen LogP contribution is 2.30. The molecule has 0 saturated carbocycles. The smallest absolute Gasteiger partial charge is 0.242 e. The van der Waals surface area contributed by atoms with Crippen LogP contribution in [0.25, 0.3) is 0 Å². The van der Waals surface area contributed by atoms with E-state index in [1.165, 1.54) is 6.07 Å². The van der Waals surface area contributed by atoms with Crippen molar-refractivity contribution in [2.45, 2.75) is 44.2 Å². The molecule has 0 aliphatic carbocycles. The Bertz CT molecular complexity index is 571. The first-order valence-electron chi connectivity index (χ1n) is 5.85. The monoisotopic (exact) mass is 324 g/mol. The fourth-order valence-corrected chi connectivity index (χ4v) is 3.88. The lowest BCUT2D eigenvalue weighted by Gasteiger charge is -2.24. The molecule has 1 rings (SSSR count). The van der Waals surface area contributed by atoms with Crippen LogP contribution in [0.1, 0.15) is 32.8 Å². The third-order valence-corrected chi connectivity index (χ3v) is 5.38. The minimum absolute atomic E-state index is 0.0383. The van der Waals surface area contributed by atoms with Crippen molar-refractivity contribution >= 4 is 33.2 Å². The van der Waals surface area contributed by atoms with Gasteiger partial charge >= 0.3 is 0 Å². The number of nitrogens with two attached hydrogens (primary N) is 1. The number of sulfonamides is 1. The summed E-state index contributed by atoms with van der Waals surface area (Å²) in [4.78, 5) is -0.0383. The minimum Gasteiger partial charge on any atom is -0.326 e. The van der Waals surface area contributed by atoms with E-state index in [2.05, 4.69) is 4.72 Å². The van der Waals surface area contributed by atoms with Crippen LogP contribution in [-0.4, -0.2) is 14.0 Å². The lowest BCUT2D eigenvalue weighted by molar-refractivity contribution is 0.439. The molecule has 0 fully saturated rings. The Balaban J connectivity index is 3.33. The van der Waals surface area contributed by atoms with Crippen molar-refractivity contribution in [2.24, 2.45) is 5.73 Å². The SMILES string of the molecule is CCC(C)(C)NS(=O)(=O)c1cc(Cl)cc(CN)c1Cl. The minimum atomic E-state index is -3.74. The maximum atomic E-state index is 12.4. The van der Waals surface area contributed by atoms with E-state index in [0.29, 0.717) is 17.0 Å². The average Bonchev–Trinajstić information content (AvgIpc) is 2.30. The second-order valence-electron chi connectivity index (χ2n) is 4.92. The molecule has 0 saturated heterocycles. The van der Waals surface area contributed by atoms with Crippen LogP contribution in [0.4, 0.5) is 0 Å². The molecule has 0 aliphatic rings. The lowest BCUT2D eigenvalue weighted by Crippen LogP contribution is -2.42. The molecule has 0 amide bonds. The lowest BCUT2D eigenvalue weighted by atomic mass is 10.0. The van der Waals surface area contributed by atoms with Gasteiger partial charge in [0.15, 0.2) is 0 Å². The molecule has 1 aromatic carbocycles. The van der Waals surface area contributed by atoms with E-state index < -0.39 is 15.6 Å². The topological polar surface area (TPSA) is 72.2 Å². The van der Waals surface area contributed by atoms with Crippen molar-refractivity contribution in [3.8, 4) is 0 Å². The van der Waals surface area contributed by atoms with Gasteiger partial charge in [-0.1, -0.05) is 30.1 Å². The zero-order valence-corrected chi connectivity index (χ0v) is 13.5. The third-order valence-electron chi connectivity index (χ3n) is 2.88. The summed E-state index contributed by atoms with van der Waals surface area (Å²) < 4.78 is 27.3. The second kappa shape index (κ2) is 5.97. The molecule has 0 aromatic heterocycles. The summed E-state index contributed by atoms with van der Waals surface area (Å²) in [5.74, 6) is 0. The van der Waals surface area contributed by atoms with Crippen LogP contribution in [0.2, 0.25) is 10.0 Å². The number of rotatable bonds is 5. The number of hydrogen-bond acceptors (Lipinski definition) is 3. The molecule has 0 unspecified atom stereocenters. The fourth-order valence-electron chi connectivity index (χ4n) is 1.45. The molecule has 4 nitrogen and oxygen atoms in total. The van der Waals surface area contributed by atoms with E-state index in [0.717, 1.165) is 0 Å². The first-order valence-corrected chi connectivity index (χ1v) is 8.09. The Hall–Kier alpha value is -0.330. The molecule has 1 aromatic rings. The fraction of sp³-hybridized carbons (Fsp3) is 0.500. The Morgan fingerprint density at radius 3 is 2.37 bits per heavy atom. The van der Waals surface area contributed by atoms with Crippen LogP contribution in [0.15, 0.2) is 17.0 Å². The van der Waals surface area contributed by atoms with E-state index in [1.807, 2.05) is 6.92 Å². The van der Waals surface area contributed by atoms with Crippen molar-refractivity contribution in [3.05, 3.63) is 27.7 Å². The van der Waals surface area contributed by atoms with Gasteiger partial charge in [-0.2, -0.15) is 0 Å². The number of benzene rings is 1. The number of nitrogens with one attached hydrogen (secondary N) is 1. The van der Waals surface area contributed by atoms with Crippen LogP contribution < -0.4 is 10.5 Å². The van der Waals surface area contributed by atoms with Crippen molar-refractivity contribution in [1.29, 1.82) is 0 Å². The van der Waals surface area contributed by atoms with Crippen molar-refractivity contribution in [2.75, 3.05) is 0 Å². The van der Waals surface area contributed by atoms with Gasteiger partial charge in [-0.3, -0.25) is 0 Å². The first-order chi connectivity index (χ1) is 8.63. The van der Waals surface area contributed by atoms with Gasteiger partial charge in [-0.25, -0.2) is 13.1 Å². The number of hydrogen-bond donors (Lipinski definition) is 2. The second-order valence-corrected chi connectivity index (χ2v) is 7.39. The quantitative estimate of drug-likeness (QED) is 0.874. The van der Waals surface area contributed by atoms with Gasteiger partial charge in [0.25, 0.3) is 0 Å². The third kappa shape index (κ3) is 4.07. The molecule has 0 spiro atoms. The van der Waals surface area contributed by atoms with Crippen LogP contribution in [0, 0.1) is 0 Å². The van der Waals surface area contributed by atoms with E-state index in [4.69, 9.17) is 28.9 Å². The molecular formula is C12H18Cl2N2O2S. The predicted octanol–water partition coefficient (Wildman–Crippen LogP) is 2.92. The van der Waals surface area contributed by atoms with Crippen LogP contribution in [-0.2, 0) is 16.6 Å². The van der Waals surface area contributed by atoms with Crippen molar-refractivity contribution in [1.82, 2.24) is 4.72 Å². The molecule has 0 radical (unpaired) electrons. The average molecular weight is 325 g/mol. The molecule has 7 heteroatoms. The van der Waals surface area contributed by atoms with Gasteiger partial charge in [0.2, 0.25) is 10.0 Å². The van der Waals surface area contributed by atoms with E-state index >= 15 is 0 Å². The largest absolute Gasteiger partial charge is 0.326 e. The summed E-state index contributed by atoms with van der Waals surface area (Å²) in [6.45, 7) is 5.62. The predicted molar refractivity (Wildman–Crippen MR) is 79.0 cm³/mol. The molecule has 0 heterocycles. The van der Waals surface area contributed by atoms with Crippen molar-refractivity contribution in [3.63, 3.8) is 0 Å².